The summed E-state index contributed by atoms with van der Waals surface area (Å²) in [4.78, 5) is 33.8. The number of likely N-dealkylation sites (tertiary alicyclic amines) is 1. The van der Waals surface area contributed by atoms with Crippen LogP contribution in [0.4, 0.5) is 4.79 Å². The van der Waals surface area contributed by atoms with Gasteiger partial charge in [-0.25, -0.2) is 4.79 Å². The average molecular weight is 696 g/mol. The van der Waals surface area contributed by atoms with Crippen LogP contribution in [0.5, 0.6) is 5.75 Å². The monoisotopic (exact) mass is 695 g/mol. The number of aromatic nitrogens is 3. The summed E-state index contributed by atoms with van der Waals surface area (Å²) in [5.74, 6) is 2.08. The van der Waals surface area contributed by atoms with Crippen LogP contribution in [-0.2, 0) is 14.9 Å². The Labute approximate surface area is 303 Å². The highest BCUT2D eigenvalue weighted by Gasteiger charge is 2.54. The number of benzene rings is 1. The molecule has 1 aliphatic heterocycles. The molecule has 1 N–H and O–H groups in total. The maximum atomic E-state index is 14.2. The standard InChI is InChI=1S/C42H57N5O4/c1-27(2)33-24-46(25-33)40(49)51-35-10-7-30(8-11-35)39(48)45-38(36-22-31(13-20-43-36)32-23-44-47(26-32)28(3)4)42-17-14-41(15-18-42,16-19-42)34-9-12-37(50-6)29(5)21-34/h9,12-13,20-23,26-28,30,33,35,38H,7-8,10-11,14-19,24-25H2,1-6H3,(H,45,48). The van der Waals surface area contributed by atoms with Crippen LogP contribution in [0.1, 0.15) is 121 Å². The van der Waals surface area contributed by atoms with Crippen LogP contribution in [0.25, 0.3) is 11.1 Å². The van der Waals surface area contributed by atoms with E-state index in [0.717, 1.165) is 99.9 Å². The minimum Gasteiger partial charge on any atom is -0.496 e. The van der Waals surface area contributed by atoms with Crippen LogP contribution in [-0.4, -0.2) is 58.0 Å². The SMILES string of the molecule is COc1ccc(C23CCC(C(NC(=O)C4CCC(OC(=O)N5CC(C(C)C)C5)CC4)c4cc(-c5cnn(C(C)C)c5)ccn4)(CC2)CC3)cc1C. The molecule has 8 rings (SSSR count). The molecule has 5 aliphatic rings. The summed E-state index contributed by atoms with van der Waals surface area (Å²) < 4.78 is 13.5. The van der Waals surface area contributed by atoms with E-state index in [1.807, 2.05) is 28.0 Å². The number of hydrogen-bond acceptors (Lipinski definition) is 6. The number of pyridine rings is 1. The zero-order valence-corrected chi connectivity index (χ0v) is 31.5. The van der Waals surface area contributed by atoms with E-state index in [0.29, 0.717) is 11.8 Å². The van der Waals surface area contributed by atoms with E-state index in [-0.39, 0.29) is 46.9 Å². The smallest absolute Gasteiger partial charge is 0.410 e. The van der Waals surface area contributed by atoms with Crippen LogP contribution < -0.4 is 10.1 Å². The summed E-state index contributed by atoms with van der Waals surface area (Å²) in [5, 5.41) is 8.21. The molecule has 0 spiro atoms. The summed E-state index contributed by atoms with van der Waals surface area (Å²) in [6.45, 7) is 12.4. The second-order valence-corrected chi connectivity index (χ2v) is 16.8. The number of amides is 2. The first kappa shape index (κ1) is 35.5. The molecule has 3 aromatic rings. The molecule has 5 fully saturated rings. The second kappa shape index (κ2) is 14.3. The lowest BCUT2D eigenvalue weighted by Gasteiger charge is -2.56. The lowest BCUT2D eigenvalue weighted by atomic mass is 9.49. The molecule has 1 atom stereocenters. The fourth-order valence-electron chi connectivity index (χ4n) is 9.39. The predicted molar refractivity (Wildman–Crippen MR) is 198 cm³/mol. The van der Waals surface area contributed by atoms with E-state index in [2.05, 4.69) is 75.5 Å². The van der Waals surface area contributed by atoms with Gasteiger partial charge in [0.25, 0.3) is 0 Å². The Morgan fingerprint density at radius 2 is 1.63 bits per heavy atom. The Morgan fingerprint density at radius 3 is 2.24 bits per heavy atom. The summed E-state index contributed by atoms with van der Waals surface area (Å²) in [7, 11) is 1.74. The Bertz CT molecular complexity index is 1690. The minimum atomic E-state index is -0.195. The third-order valence-corrected chi connectivity index (χ3v) is 13.2. The van der Waals surface area contributed by atoms with Crippen LogP contribution in [0.15, 0.2) is 48.9 Å². The summed E-state index contributed by atoms with van der Waals surface area (Å²) in [6, 6.07) is 11.0. The van der Waals surface area contributed by atoms with Gasteiger partial charge in [0, 0.05) is 43.0 Å². The number of nitrogens with one attached hydrogen (secondary N) is 1. The Kier molecular flexibility index (Phi) is 9.94. The number of fused-ring (bicyclic) bond motifs is 3. The molecule has 274 valence electrons. The number of carbonyl (C=O) groups excluding carboxylic acids is 2. The average Bonchev–Trinajstić information content (AvgIpc) is 3.62. The molecule has 2 aromatic heterocycles. The first-order valence-electron chi connectivity index (χ1n) is 19.4. The van der Waals surface area contributed by atoms with E-state index in [1.54, 1.807) is 7.11 Å². The molecular weight excluding hydrogens is 638 g/mol. The zero-order chi connectivity index (χ0) is 35.9. The highest BCUT2D eigenvalue weighted by atomic mass is 16.6. The molecule has 1 saturated heterocycles. The lowest BCUT2D eigenvalue weighted by Crippen LogP contribution is -2.53. The van der Waals surface area contributed by atoms with Crippen molar-refractivity contribution in [1.82, 2.24) is 25.0 Å². The Hall–Kier alpha value is -3.88. The van der Waals surface area contributed by atoms with E-state index < -0.39 is 0 Å². The highest BCUT2D eigenvalue weighted by Crippen LogP contribution is 2.62. The van der Waals surface area contributed by atoms with Gasteiger partial charge in [-0.05, 0) is 143 Å². The summed E-state index contributed by atoms with van der Waals surface area (Å²) >= 11 is 0. The summed E-state index contributed by atoms with van der Waals surface area (Å²) in [5.41, 5.74) is 5.76. The molecule has 51 heavy (non-hydrogen) atoms. The molecule has 2 bridgehead atoms. The fourth-order valence-corrected chi connectivity index (χ4v) is 9.39. The molecule has 1 unspecified atom stereocenters. The lowest BCUT2D eigenvalue weighted by molar-refractivity contribution is -0.129. The van der Waals surface area contributed by atoms with Crippen LogP contribution in [0.3, 0.4) is 0 Å². The van der Waals surface area contributed by atoms with E-state index >= 15 is 0 Å². The largest absolute Gasteiger partial charge is 0.496 e. The molecule has 4 aliphatic carbocycles. The number of hydrogen-bond donors (Lipinski definition) is 1. The minimum absolute atomic E-state index is 0.0650. The van der Waals surface area contributed by atoms with Crippen molar-refractivity contribution in [2.24, 2.45) is 23.2 Å². The Morgan fingerprint density at radius 1 is 0.922 bits per heavy atom. The Balaban J connectivity index is 1.08. The van der Waals surface area contributed by atoms with Crippen LogP contribution in [0, 0.1) is 30.1 Å². The number of rotatable bonds is 10. The maximum absolute atomic E-state index is 14.2. The van der Waals surface area contributed by atoms with Crippen molar-refractivity contribution in [2.75, 3.05) is 20.2 Å². The topological polar surface area (TPSA) is 98.6 Å². The third kappa shape index (κ3) is 7.02. The quantitative estimate of drug-likeness (QED) is 0.228. The van der Waals surface area contributed by atoms with Crippen molar-refractivity contribution in [1.29, 1.82) is 0 Å². The van der Waals surface area contributed by atoms with Gasteiger partial charge >= 0.3 is 6.09 Å². The van der Waals surface area contributed by atoms with Gasteiger partial charge in [-0.1, -0.05) is 26.0 Å². The zero-order valence-electron chi connectivity index (χ0n) is 31.5. The van der Waals surface area contributed by atoms with Gasteiger partial charge in [0.05, 0.1) is 25.0 Å². The van der Waals surface area contributed by atoms with Crippen LogP contribution in [0.2, 0.25) is 0 Å². The molecule has 3 heterocycles. The predicted octanol–water partition coefficient (Wildman–Crippen LogP) is 8.58. The fraction of sp³-hybridized carbons (Fsp3) is 0.619. The number of ether oxygens (including phenoxy) is 2. The van der Waals surface area contributed by atoms with E-state index in [1.165, 1.54) is 11.1 Å². The van der Waals surface area contributed by atoms with Gasteiger partial charge in [0.2, 0.25) is 5.91 Å². The third-order valence-electron chi connectivity index (χ3n) is 13.2. The normalized spacial score (nSPS) is 26.9. The van der Waals surface area contributed by atoms with Crippen molar-refractivity contribution >= 4 is 12.0 Å². The maximum Gasteiger partial charge on any atom is 0.410 e. The first-order valence-corrected chi connectivity index (χ1v) is 19.4. The van der Waals surface area contributed by atoms with E-state index in [4.69, 9.17) is 14.5 Å². The number of nitrogens with zero attached hydrogens (tertiary/aromatic N) is 4. The molecular formula is C42H57N5O4. The highest BCUT2D eigenvalue weighted by molar-refractivity contribution is 5.79. The molecule has 1 aromatic carbocycles. The van der Waals surface area contributed by atoms with Crippen molar-refractivity contribution in [2.45, 2.75) is 122 Å². The van der Waals surface area contributed by atoms with Gasteiger partial charge < -0.3 is 19.7 Å². The number of aryl methyl sites for hydroxylation is 1. The molecule has 4 saturated carbocycles. The number of carbonyl (C=O) groups is 2. The second-order valence-electron chi connectivity index (χ2n) is 16.8. The molecule has 9 heteroatoms. The first-order chi connectivity index (χ1) is 24.5. The van der Waals surface area contributed by atoms with Gasteiger partial charge in [-0.3, -0.25) is 14.5 Å². The van der Waals surface area contributed by atoms with Gasteiger partial charge in [-0.2, -0.15) is 5.10 Å². The molecule has 9 nitrogen and oxygen atoms in total. The van der Waals surface area contributed by atoms with Crippen molar-refractivity contribution in [3.63, 3.8) is 0 Å². The van der Waals surface area contributed by atoms with Gasteiger partial charge in [0.1, 0.15) is 11.9 Å². The van der Waals surface area contributed by atoms with Gasteiger partial charge in [0.15, 0.2) is 0 Å². The van der Waals surface area contributed by atoms with Crippen molar-refractivity contribution < 1.29 is 19.1 Å². The van der Waals surface area contributed by atoms with Crippen LogP contribution >= 0.6 is 0 Å². The van der Waals surface area contributed by atoms with Crippen molar-refractivity contribution in [3.8, 4) is 16.9 Å². The molecule has 2 amide bonds. The molecule has 0 radical (unpaired) electrons. The van der Waals surface area contributed by atoms with E-state index in [9.17, 15) is 9.59 Å². The summed E-state index contributed by atoms with van der Waals surface area (Å²) in [6.07, 6.45) is 14.9. The van der Waals surface area contributed by atoms with Gasteiger partial charge in [-0.15, -0.1) is 0 Å². The number of methoxy groups -OCH3 is 1. The van der Waals surface area contributed by atoms with Crippen molar-refractivity contribution in [3.05, 3.63) is 65.7 Å².